The molecule has 1 aliphatic rings. The summed E-state index contributed by atoms with van der Waals surface area (Å²) >= 11 is 0. The molecule has 4 nitrogen and oxygen atoms in total. The molecule has 0 heterocycles. The summed E-state index contributed by atoms with van der Waals surface area (Å²) in [4.78, 5) is 21.5. The fourth-order valence-corrected chi connectivity index (χ4v) is 1.62. The van der Waals surface area contributed by atoms with Crippen molar-refractivity contribution >= 4 is 11.9 Å². The maximum absolute atomic E-state index is 11.1. The Morgan fingerprint density at radius 3 is 2.33 bits per heavy atom. The zero-order valence-corrected chi connectivity index (χ0v) is 7.16. The Morgan fingerprint density at radius 2 is 2.00 bits per heavy atom. The van der Waals surface area contributed by atoms with E-state index in [1.54, 1.807) is 6.92 Å². The zero-order valence-electron chi connectivity index (χ0n) is 7.16. The molecule has 0 saturated heterocycles. The summed E-state index contributed by atoms with van der Waals surface area (Å²) in [5, 5.41) is 8.57. The van der Waals surface area contributed by atoms with Crippen LogP contribution in [0.2, 0.25) is 0 Å². The summed E-state index contributed by atoms with van der Waals surface area (Å²) in [5.74, 6) is -1.49. The molecular weight excluding hydrogens is 160 g/mol. The zero-order chi connectivity index (χ0) is 9.35. The van der Waals surface area contributed by atoms with Crippen molar-refractivity contribution in [3.05, 3.63) is 0 Å². The number of esters is 1. The number of rotatable bonds is 2. The molecule has 0 spiro atoms. The maximum Gasteiger partial charge on any atom is 0.311 e. The number of carbonyl (C=O) groups excluding carboxylic acids is 1. The summed E-state index contributed by atoms with van der Waals surface area (Å²) in [6.07, 6.45) is 0.796. The molecule has 0 amide bonds. The average molecular weight is 172 g/mol. The van der Waals surface area contributed by atoms with Crippen molar-refractivity contribution in [1.82, 2.24) is 0 Å². The van der Waals surface area contributed by atoms with E-state index in [0.717, 1.165) is 0 Å². The molecule has 0 aromatic rings. The Morgan fingerprint density at radius 1 is 1.50 bits per heavy atom. The summed E-state index contributed by atoms with van der Waals surface area (Å²) < 4.78 is 4.55. The van der Waals surface area contributed by atoms with Crippen LogP contribution in [0.3, 0.4) is 0 Å². The van der Waals surface area contributed by atoms with Crippen LogP contribution in [-0.4, -0.2) is 24.2 Å². The quantitative estimate of drug-likeness (QED) is 0.621. The van der Waals surface area contributed by atoms with Crippen LogP contribution in [0.1, 0.15) is 19.8 Å². The Hall–Kier alpha value is -1.06. The van der Waals surface area contributed by atoms with E-state index in [2.05, 4.69) is 4.74 Å². The lowest BCUT2D eigenvalue weighted by Gasteiger charge is -2.40. The normalized spacial score (nSPS) is 33.7. The second kappa shape index (κ2) is 2.77. The Balaban J connectivity index is 2.50. The van der Waals surface area contributed by atoms with Gasteiger partial charge in [-0.3, -0.25) is 9.59 Å². The molecule has 1 fully saturated rings. The van der Waals surface area contributed by atoms with Gasteiger partial charge in [0.25, 0.3) is 0 Å². The average Bonchev–Trinajstić information content (AvgIpc) is 1.96. The van der Waals surface area contributed by atoms with Gasteiger partial charge in [-0.05, 0) is 19.8 Å². The van der Waals surface area contributed by atoms with Crippen LogP contribution in [-0.2, 0) is 14.3 Å². The van der Waals surface area contributed by atoms with E-state index in [0.29, 0.717) is 12.8 Å². The van der Waals surface area contributed by atoms with Gasteiger partial charge in [-0.15, -0.1) is 0 Å². The molecule has 1 rings (SSSR count). The molecule has 0 radical (unpaired) electrons. The number of carboxylic acids is 1. The third kappa shape index (κ3) is 1.29. The predicted molar refractivity (Wildman–Crippen MR) is 40.5 cm³/mol. The molecule has 0 aromatic heterocycles. The van der Waals surface area contributed by atoms with Crippen molar-refractivity contribution in [3.8, 4) is 0 Å². The summed E-state index contributed by atoms with van der Waals surface area (Å²) in [5.41, 5.74) is -0.558. The van der Waals surface area contributed by atoms with E-state index >= 15 is 0 Å². The number of carbonyl (C=O) groups is 2. The first kappa shape index (κ1) is 9.03. The van der Waals surface area contributed by atoms with Crippen LogP contribution in [0.25, 0.3) is 0 Å². The van der Waals surface area contributed by atoms with Gasteiger partial charge in [0.2, 0.25) is 0 Å². The van der Waals surface area contributed by atoms with Crippen LogP contribution in [0.15, 0.2) is 0 Å². The Labute approximate surface area is 70.5 Å². The summed E-state index contributed by atoms with van der Waals surface area (Å²) in [7, 11) is 1.32. The molecule has 1 N–H and O–H groups in total. The van der Waals surface area contributed by atoms with Gasteiger partial charge >= 0.3 is 11.9 Å². The van der Waals surface area contributed by atoms with Gasteiger partial charge in [0.1, 0.15) is 0 Å². The molecule has 4 heteroatoms. The molecule has 0 aliphatic heterocycles. The molecule has 1 saturated carbocycles. The van der Waals surface area contributed by atoms with E-state index in [-0.39, 0.29) is 11.9 Å². The number of aliphatic carboxylic acids is 1. The predicted octanol–water partition coefficient (Wildman–Crippen LogP) is 0.660. The first-order chi connectivity index (χ1) is 5.49. The first-order valence-corrected chi connectivity index (χ1v) is 3.81. The second-order valence-corrected chi connectivity index (χ2v) is 3.50. The van der Waals surface area contributed by atoms with Gasteiger partial charge in [-0.1, -0.05) is 0 Å². The fraction of sp³-hybridized carbons (Fsp3) is 0.750. The molecule has 0 atom stereocenters. The third-order valence-electron chi connectivity index (χ3n) is 2.42. The van der Waals surface area contributed by atoms with Crippen LogP contribution in [0, 0.1) is 11.3 Å². The number of hydrogen-bond acceptors (Lipinski definition) is 3. The Kier molecular flexibility index (Phi) is 2.08. The number of hydrogen-bond donors (Lipinski definition) is 1. The van der Waals surface area contributed by atoms with Crippen molar-refractivity contribution in [1.29, 1.82) is 0 Å². The minimum absolute atomic E-state index is 0.306. The van der Waals surface area contributed by atoms with Gasteiger partial charge in [0, 0.05) is 0 Å². The van der Waals surface area contributed by atoms with Gasteiger partial charge < -0.3 is 9.84 Å². The van der Waals surface area contributed by atoms with E-state index in [9.17, 15) is 9.59 Å². The SMILES string of the molecule is COC(=O)C1(C)CC(C(=O)O)C1. The van der Waals surface area contributed by atoms with E-state index in [1.807, 2.05) is 0 Å². The van der Waals surface area contributed by atoms with Gasteiger partial charge in [0.15, 0.2) is 0 Å². The smallest absolute Gasteiger partial charge is 0.311 e. The number of methoxy groups -OCH3 is 1. The highest BCUT2D eigenvalue weighted by atomic mass is 16.5. The first-order valence-electron chi connectivity index (χ1n) is 3.81. The largest absolute Gasteiger partial charge is 0.481 e. The number of carboxylic acid groups (broad SMARTS) is 1. The van der Waals surface area contributed by atoms with Gasteiger partial charge in [-0.2, -0.15) is 0 Å². The van der Waals surface area contributed by atoms with Gasteiger partial charge in [0.05, 0.1) is 18.4 Å². The highest BCUT2D eigenvalue weighted by Crippen LogP contribution is 2.46. The molecule has 12 heavy (non-hydrogen) atoms. The van der Waals surface area contributed by atoms with Crippen molar-refractivity contribution in [2.24, 2.45) is 11.3 Å². The van der Waals surface area contributed by atoms with E-state index in [1.165, 1.54) is 7.11 Å². The van der Waals surface area contributed by atoms with Crippen molar-refractivity contribution in [2.75, 3.05) is 7.11 Å². The van der Waals surface area contributed by atoms with Crippen LogP contribution in [0.5, 0.6) is 0 Å². The van der Waals surface area contributed by atoms with E-state index < -0.39 is 11.4 Å². The minimum atomic E-state index is -0.823. The lowest BCUT2D eigenvalue weighted by Crippen LogP contribution is -2.45. The van der Waals surface area contributed by atoms with Crippen LogP contribution in [0.4, 0.5) is 0 Å². The molecule has 68 valence electrons. The lowest BCUT2D eigenvalue weighted by molar-refractivity contribution is -0.166. The molecule has 0 unspecified atom stereocenters. The van der Waals surface area contributed by atoms with Crippen molar-refractivity contribution in [2.45, 2.75) is 19.8 Å². The molecule has 0 bridgehead atoms. The van der Waals surface area contributed by atoms with Crippen LogP contribution < -0.4 is 0 Å². The molecule has 0 aromatic carbocycles. The summed E-state index contributed by atoms with van der Waals surface area (Å²) in [6.45, 7) is 1.73. The number of ether oxygens (including phenoxy) is 1. The fourth-order valence-electron chi connectivity index (χ4n) is 1.62. The maximum atomic E-state index is 11.1. The van der Waals surface area contributed by atoms with Crippen LogP contribution >= 0.6 is 0 Å². The minimum Gasteiger partial charge on any atom is -0.481 e. The standard InChI is InChI=1S/C8H12O4/c1-8(7(11)12-2)3-5(4-8)6(9)10/h5H,3-4H2,1-2H3,(H,9,10). The molecular formula is C8H12O4. The highest BCUT2D eigenvalue weighted by Gasteiger charge is 2.50. The lowest BCUT2D eigenvalue weighted by atomic mass is 9.63. The Bertz CT molecular complexity index is 215. The third-order valence-corrected chi connectivity index (χ3v) is 2.42. The van der Waals surface area contributed by atoms with Crippen molar-refractivity contribution in [3.63, 3.8) is 0 Å². The second-order valence-electron chi connectivity index (χ2n) is 3.50. The summed E-state index contributed by atoms with van der Waals surface area (Å²) in [6, 6.07) is 0. The van der Waals surface area contributed by atoms with E-state index in [4.69, 9.17) is 5.11 Å². The molecule has 1 aliphatic carbocycles. The van der Waals surface area contributed by atoms with Crippen molar-refractivity contribution < 1.29 is 19.4 Å². The monoisotopic (exact) mass is 172 g/mol. The topological polar surface area (TPSA) is 63.6 Å². The highest BCUT2D eigenvalue weighted by molar-refractivity contribution is 5.82. The van der Waals surface area contributed by atoms with Gasteiger partial charge in [-0.25, -0.2) is 0 Å².